The van der Waals surface area contributed by atoms with Crippen molar-refractivity contribution in [2.24, 2.45) is 0 Å². The first kappa shape index (κ1) is 15.5. The Morgan fingerprint density at radius 1 is 1.06 bits per heavy atom. The molecule has 94 valence electrons. The van der Waals surface area contributed by atoms with E-state index in [1.165, 1.54) is 0 Å². The smallest absolute Gasteiger partial charge is 0.165 e. The number of Topliss-reactive ketones (excluding diaryl/α,β-unsaturated/α-hetero) is 2. The number of rotatable bonds is 9. The van der Waals surface area contributed by atoms with Crippen molar-refractivity contribution in [3.05, 3.63) is 0 Å². The number of carbonyl (C=O) groups is 2. The van der Waals surface area contributed by atoms with Crippen molar-refractivity contribution in [2.75, 3.05) is 31.7 Å². The zero-order valence-corrected chi connectivity index (χ0v) is 10.4. The van der Waals surface area contributed by atoms with Crippen LogP contribution in [0.15, 0.2) is 0 Å². The number of unbranched alkanes of at least 4 members (excludes halogenated alkanes) is 1. The molecule has 0 aromatic carbocycles. The predicted molar refractivity (Wildman–Crippen MR) is 61.3 cm³/mol. The van der Waals surface area contributed by atoms with Crippen LogP contribution in [-0.2, 0) is 14.2 Å². The van der Waals surface area contributed by atoms with Gasteiger partial charge in [0.2, 0.25) is 0 Å². The fraction of sp³-hybridized carbons (Fsp3) is 0.800. The van der Waals surface area contributed by atoms with Crippen molar-refractivity contribution in [3.8, 4) is 0 Å². The van der Waals surface area contributed by atoms with E-state index in [4.69, 9.17) is 10.2 Å². The summed E-state index contributed by atoms with van der Waals surface area (Å²) in [5.41, 5.74) is 0. The normalized spacial score (nSPS) is 11.4. The summed E-state index contributed by atoms with van der Waals surface area (Å²) >= 11 is 0. The summed E-state index contributed by atoms with van der Waals surface area (Å²) in [5.74, 6) is -1.02. The molecule has 0 spiro atoms. The molecular formula is C10H19O5P. The van der Waals surface area contributed by atoms with E-state index >= 15 is 0 Å². The minimum Gasteiger partial charge on any atom is -0.389 e. The van der Waals surface area contributed by atoms with Crippen LogP contribution in [0, 0.1) is 0 Å². The largest absolute Gasteiger partial charge is 0.389 e. The maximum absolute atomic E-state index is 12.2. The zero-order chi connectivity index (χ0) is 12.6. The Morgan fingerprint density at radius 2 is 1.50 bits per heavy atom. The van der Waals surface area contributed by atoms with Gasteiger partial charge in [0.1, 0.15) is 20.4 Å². The Bertz CT molecular complexity index is 265. The quantitative estimate of drug-likeness (QED) is 0.573. The van der Waals surface area contributed by atoms with Crippen LogP contribution in [0.5, 0.6) is 0 Å². The maximum Gasteiger partial charge on any atom is 0.165 e. The van der Waals surface area contributed by atoms with Gasteiger partial charge in [0.25, 0.3) is 0 Å². The molecule has 0 unspecified atom stereocenters. The van der Waals surface area contributed by atoms with Crippen molar-refractivity contribution < 1.29 is 24.4 Å². The van der Waals surface area contributed by atoms with Crippen LogP contribution in [0.1, 0.15) is 19.8 Å². The van der Waals surface area contributed by atoms with Crippen molar-refractivity contribution in [1.82, 2.24) is 0 Å². The molecule has 0 saturated heterocycles. The number of ketones is 2. The summed E-state index contributed by atoms with van der Waals surface area (Å²) < 4.78 is 12.2. The lowest BCUT2D eigenvalue weighted by atomic mass is 10.4. The van der Waals surface area contributed by atoms with Gasteiger partial charge < -0.3 is 14.8 Å². The minimum atomic E-state index is -2.90. The monoisotopic (exact) mass is 250 g/mol. The lowest BCUT2D eigenvalue weighted by molar-refractivity contribution is -0.119. The first-order chi connectivity index (χ1) is 7.47. The molecule has 0 bridgehead atoms. The minimum absolute atomic E-state index is 0.241. The maximum atomic E-state index is 12.2. The lowest BCUT2D eigenvalue weighted by Gasteiger charge is -2.15. The van der Waals surface area contributed by atoms with Crippen LogP contribution in [0.25, 0.3) is 0 Å². The van der Waals surface area contributed by atoms with Gasteiger partial charge in [-0.2, -0.15) is 0 Å². The Hall–Kier alpha value is -0.510. The summed E-state index contributed by atoms with van der Waals surface area (Å²) in [6.45, 7) is 0.624. The van der Waals surface area contributed by atoms with Gasteiger partial charge in [-0.15, -0.1) is 0 Å². The van der Waals surface area contributed by atoms with E-state index < -0.39 is 31.9 Å². The van der Waals surface area contributed by atoms with E-state index in [-0.39, 0.29) is 12.3 Å². The van der Waals surface area contributed by atoms with Gasteiger partial charge in [-0.25, -0.2) is 0 Å². The molecule has 16 heavy (non-hydrogen) atoms. The molecule has 0 aliphatic heterocycles. The van der Waals surface area contributed by atoms with Crippen molar-refractivity contribution in [1.29, 1.82) is 0 Å². The molecule has 0 aliphatic carbocycles. The summed E-state index contributed by atoms with van der Waals surface area (Å²) in [5, 5.41) is 17.2. The second-order valence-electron chi connectivity index (χ2n) is 3.85. The molecule has 0 fully saturated rings. The standard InChI is InChI=1S/C10H19O5P/c1-2-3-4-16(15,7-9(13)5-11)8-10(14)6-12/h11-12H,2-8H2,1H3. The van der Waals surface area contributed by atoms with E-state index in [0.29, 0.717) is 12.6 Å². The number of aliphatic hydroxyl groups is 2. The third kappa shape index (κ3) is 6.16. The van der Waals surface area contributed by atoms with Crippen molar-refractivity contribution in [2.45, 2.75) is 19.8 Å². The van der Waals surface area contributed by atoms with Crippen LogP contribution in [0.4, 0.5) is 0 Å². The zero-order valence-electron chi connectivity index (χ0n) is 9.52. The molecule has 0 rings (SSSR count). The van der Waals surface area contributed by atoms with E-state index in [0.717, 1.165) is 6.42 Å². The molecule has 0 saturated carbocycles. The third-order valence-electron chi connectivity index (χ3n) is 2.20. The Balaban J connectivity index is 4.53. The fourth-order valence-corrected chi connectivity index (χ4v) is 4.21. The van der Waals surface area contributed by atoms with Crippen LogP contribution < -0.4 is 0 Å². The number of carbonyl (C=O) groups excluding carboxylic acids is 2. The highest BCUT2D eigenvalue weighted by Gasteiger charge is 2.27. The Morgan fingerprint density at radius 3 is 1.81 bits per heavy atom. The molecule has 0 aromatic heterocycles. The number of hydrogen-bond donors (Lipinski definition) is 2. The van der Waals surface area contributed by atoms with Gasteiger partial charge in [-0.1, -0.05) is 13.3 Å². The first-order valence-electron chi connectivity index (χ1n) is 5.29. The molecule has 0 amide bonds. The van der Waals surface area contributed by atoms with Crippen LogP contribution in [0.2, 0.25) is 0 Å². The fourth-order valence-electron chi connectivity index (χ4n) is 1.40. The van der Waals surface area contributed by atoms with E-state index in [2.05, 4.69) is 0 Å². The molecule has 0 atom stereocenters. The highest BCUT2D eigenvalue weighted by molar-refractivity contribution is 7.65. The van der Waals surface area contributed by atoms with Gasteiger partial charge in [-0.3, -0.25) is 9.59 Å². The second kappa shape index (κ2) is 7.71. The molecule has 0 radical (unpaired) electrons. The molecular weight excluding hydrogens is 231 g/mol. The molecule has 5 nitrogen and oxygen atoms in total. The van der Waals surface area contributed by atoms with Crippen LogP contribution in [-0.4, -0.2) is 53.5 Å². The average molecular weight is 250 g/mol. The topological polar surface area (TPSA) is 91.7 Å². The number of hydrogen-bond acceptors (Lipinski definition) is 5. The summed E-state index contributed by atoms with van der Waals surface area (Å²) in [7, 11) is -2.90. The average Bonchev–Trinajstić information content (AvgIpc) is 2.25. The first-order valence-corrected chi connectivity index (χ1v) is 7.56. The van der Waals surface area contributed by atoms with Gasteiger partial charge in [-0.05, 0) is 6.42 Å². The Kier molecular flexibility index (Phi) is 7.47. The van der Waals surface area contributed by atoms with Crippen molar-refractivity contribution >= 4 is 18.7 Å². The van der Waals surface area contributed by atoms with Gasteiger partial charge in [0.05, 0.1) is 12.3 Å². The van der Waals surface area contributed by atoms with E-state index in [1.807, 2.05) is 6.92 Å². The predicted octanol–water partition coefficient (Wildman–Crippen LogP) is 0.272. The van der Waals surface area contributed by atoms with E-state index in [9.17, 15) is 14.2 Å². The van der Waals surface area contributed by atoms with Gasteiger partial charge in [0.15, 0.2) is 11.6 Å². The Labute approximate surface area is 95.2 Å². The molecule has 0 aliphatic rings. The molecule has 0 heterocycles. The highest BCUT2D eigenvalue weighted by Crippen LogP contribution is 2.46. The van der Waals surface area contributed by atoms with Gasteiger partial charge in [0, 0.05) is 6.16 Å². The van der Waals surface area contributed by atoms with Crippen LogP contribution >= 0.6 is 7.14 Å². The van der Waals surface area contributed by atoms with E-state index in [1.54, 1.807) is 0 Å². The third-order valence-corrected chi connectivity index (χ3v) is 5.19. The number of aliphatic hydroxyl groups excluding tert-OH is 2. The van der Waals surface area contributed by atoms with Crippen molar-refractivity contribution in [3.63, 3.8) is 0 Å². The van der Waals surface area contributed by atoms with Gasteiger partial charge >= 0.3 is 0 Å². The lowest BCUT2D eigenvalue weighted by Crippen LogP contribution is -2.18. The summed E-state index contributed by atoms with van der Waals surface area (Å²) in [6, 6.07) is 0. The molecule has 2 N–H and O–H groups in total. The van der Waals surface area contributed by atoms with Crippen LogP contribution in [0.3, 0.4) is 0 Å². The SMILES string of the molecule is CCCCP(=O)(CC(=O)CO)CC(=O)CO. The highest BCUT2D eigenvalue weighted by atomic mass is 31.2. The second-order valence-corrected chi connectivity index (χ2v) is 7.04. The molecule has 6 heteroatoms. The molecule has 0 aromatic rings. The summed E-state index contributed by atoms with van der Waals surface area (Å²) in [6.07, 6.45) is 1.34. The summed E-state index contributed by atoms with van der Waals surface area (Å²) in [4.78, 5) is 22.1.